The average Bonchev–Trinajstić information content (AvgIpc) is 2.15. The van der Waals surface area contributed by atoms with Crippen molar-refractivity contribution in [1.82, 2.24) is 0 Å². The van der Waals surface area contributed by atoms with Crippen LogP contribution in [0.1, 0.15) is 24.8 Å². The first-order valence-corrected chi connectivity index (χ1v) is 10.1. The molecule has 0 aliphatic rings. The van der Waals surface area contributed by atoms with Gasteiger partial charge >= 0.3 is 0 Å². The highest BCUT2D eigenvalue weighted by Crippen LogP contribution is 2.35. The van der Waals surface area contributed by atoms with Gasteiger partial charge in [0.15, 0.2) is 8.32 Å². The Hall–Kier alpha value is -0.253. The van der Waals surface area contributed by atoms with E-state index in [9.17, 15) is 0 Å². The van der Waals surface area contributed by atoms with Crippen molar-refractivity contribution in [3.05, 3.63) is 35.9 Å². The van der Waals surface area contributed by atoms with Crippen LogP contribution in [0.5, 0.6) is 0 Å². The van der Waals surface area contributed by atoms with Crippen LogP contribution in [0.2, 0.25) is 19.6 Å². The Morgan fingerprint density at radius 2 is 1.62 bits per heavy atom. The maximum atomic E-state index is 6.24. The molecular weight excluding hydrogens is 232 g/mol. The van der Waals surface area contributed by atoms with E-state index in [1.54, 1.807) is 0 Å². The molecule has 1 unspecified atom stereocenters. The molecule has 1 rings (SSSR count). The highest BCUT2D eigenvalue weighted by atomic mass is 32.2. The summed E-state index contributed by atoms with van der Waals surface area (Å²) in [6, 6.07) is 10.5. The predicted molar refractivity (Wildman–Crippen MR) is 76.3 cm³/mol. The molecular formula is C13H22OSSi. The van der Waals surface area contributed by atoms with Crippen molar-refractivity contribution < 1.29 is 4.43 Å². The van der Waals surface area contributed by atoms with Crippen molar-refractivity contribution >= 4 is 20.1 Å². The minimum Gasteiger partial charge on any atom is -0.402 e. The Bertz CT molecular complexity index is 305. The quantitative estimate of drug-likeness (QED) is 0.557. The molecule has 1 aromatic carbocycles. The fourth-order valence-electron chi connectivity index (χ4n) is 1.35. The van der Waals surface area contributed by atoms with Gasteiger partial charge in [0.25, 0.3) is 0 Å². The van der Waals surface area contributed by atoms with E-state index in [2.05, 4.69) is 63.8 Å². The van der Waals surface area contributed by atoms with Gasteiger partial charge < -0.3 is 4.43 Å². The number of hydrogen-bond donors (Lipinski definition) is 0. The fraction of sp³-hybridized carbons (Fsp3) is 0.538. The topological polar surface area (TPSA) is 9.23 Å². The molecule has 1 nitrogen and oxygen atoms in total. The van der Waals surface area contributed by atoms with Crippen LogP contribution in [0.3, 0.4) is 0 Å². The molecule has 90 valence electrons. The number of rotatable bonds is 5. The molecule has 0 radical (unpaired) electrons. The van der Waals surface area contributed by atoms with Crippen molar-refractivity contribution in [3.8, 4) is 0 Å². The zero-order chi connectivity index (χ0) is 12.2. The van der Waals surface area contributed by atoms with Crippen molar-refractivity contribution in [2.24, 2.45) is 0 Å². The van der Waals surface area contributed by atoms with Gasteiger partial charge in [-0.05, 0) is 25.2 Å². The SMILES string of the molecule is CC(C)SC(O[Si](C)(C)C)c1ccccc1. The van der Waals surface area contributed by atoms with Gasteiger partial charge in [-0.25, -0.2) is 0 Å². The van der Waals surface area contributed by atoms with Crippen molar-refractivity contribution in [3.63, 3.8) is 0 Å². The monoisotopic (exact) mass is 254 g/mol. The molecule has 0 aromatic heterocycles. The molecule has 0 aliphatic carbocycles. The van der Waals surface area contributed by atoms with Gasteiger partial charge in [0, 0.05) is 5.25 Å². The van der Waals surface area contributed by atoms with Crippen LogP contribution < -0.4 is 0 Å². The Morgan fingerprint density at radius 1 is 1.06 bits per heavy atom. The zero-order valence-electron chi connectivity index (χ0n) is 10.9. The van der Waals surface area contributed by atoms with Crippen LogP contribution in [-0.4, -0.2) is 13.6 Å². The van der Waals surface area contributed by atoms with Crippen LogP contribution in [0.4, 0.5) is 0 Å². The van der Waals surface area contributed by atoms with Crippen LogP contribution in [-0.2, 0) is 4.43 Å². The van der Waals surface area contributed by atoms with Crippen LogP contribution in [0.15, 0.2) is 30.3 Å². The smallest absolute Gasteiger partial charge is 0.185 e. The first-order chi connectivity index (χ1) is 7.38. The Labute approximate surface area is 105 Å². The highest BCUT2D eigenvalue weighted by molar-refractivity contribution is 8.00. The molecule has 0 N–H and O–H groups in total. The van der Waals surface area contributed by atoms with E-state index >= 15 is 0 Å². The van der Waals surface area contributed by atoms with E-state index < -0.39 is 8.32 Å². The van der Waals surface area contributed by atoms with Gasteiger partial charge in [-0.15, -0.1) is 11.8 Å². The summed E-state index contributed by atoms with van der Waals surface area (Å²) in [5.74, 6) is 0. The van der Waals surface area contributed by atoms with Gasteiger partial charge in [0.1, 0.15) is 5.44 Å². The molecule has 0 spiro atoms. The molecule has 0 heterocycles. The molecule has 0 amide bonds. The van der Waals surface area contributed by atoms with E-state index in [1.807, 2.05) is 11.8 Å². The van der Waals surface area contributed by atoms with Crippen LogP contribution in [0.25, 0.3) is 0 Å². The van der Waals surface area contributed by atoms with Gasteiger partial charge in [-0.3, -0.25) is 0 Å². The van der Waals surface area contributed by atoms with Gasteiger partial charge in [0.05, 0.1) is 0 Å². The number of benzene rings is 1. The molecule has 3 heteroatoms. The fourth-order valence-corrected chi connectivity index (χ4v) is 4.03. The molecule has 1 aromatic rings. The summed E-state index contributed by atoms with van der Waals surface area (Å²) >= 11 is 1.89. The van der Waals surface area contributed by atoms with E-state index in [0.717, 1.165) is 0 Å². The Kier molecular flexibility index (Phi) is 5.09. The molecule has 0 saturated heterocycles. The largest absolute Gasteiger partial charge is 0.402 e. The predicted octanol–water partition coefficient (Wildman–Crippen LogP) is 4.68. The molecule has 1 atom stereocenters. The van der Waals surface area contributed by atoms with Crippen molar-refractivity contribution in [2.45, 2.75) is 44.2 Å². The second kappa shape index (κ2) is 5.89. The summed E-state index contributed by atoms with van der Waals surface area (Å²) in [5, 5.41) is 0.585. The molecule has 0 aliphatic heterocycles. The lowest BCUT2D eigenvalue weighted by molar-refractivity contribution is 0.287. The van der Waals surface area contributed by atoms with E-state index in [1.165, 1.54) is 5.56 Å². The van der Waals surface area contributed by atoms with Gasteiger partial charge in [0.2, 0.25) is 0 Å². The second-order valence-corrected chi connectivity index (χ2v) is 11.3. The van der Waals surface area contributed by atoms with Crippen molar-refractivity contribution in [1.29, 1.82) is 0 Å². The lowest BCUT2D eigenvalue weighted by Gasteiger charge is -2.27. The van der Waals surface area contributed by atoms with E-state index in [0.29, 0.717) is 5.25 Å². The minimum atomic E-state index is -1.49. The maximum Gasteiger partial charge on any atom is 0.185 e. The summed E-state index contributed by atoms with van der Waals surface area (Å²) < 4.78 is 6.24. The molecule has 0 bridgehead atoms. The standard InChI is InChI=1S/C13H22OSSi/c1-11(2)15-13(14-16(3,4)5)12-9-7-6-8-10-12/h6-11,13H,1-5H3. The highest BCUT2D eigenvalue weighted by Gasteiger charge is 2.23. The van der Waals surface area contributed by atoms with E-state index in [-0.39, 0.29) is 5.44 Å². The van der Waals surface area contributed by atoms with Crippen LogP contribution >= 0.6 is 11.8 Å². The molecule has 0 saturated carbocycles. The Morgan fingerprint density at radius 3 is 2.06 bits per heavy atom. The minimum absolute atomic E-state index is 0.188. The van der Waals surface area contributed by atoms with E-state index in [4.69, 9.17) is 4.43 Å². The second-order valence-electron chi connectivity index (χ2n) is 5.16. The number of hydrogen-bond acceptors (Lipinski definition) is 2. The summed E-state index contributed by atoms with van der Waals surface area (Å²) in [5.41, 5.74) is 1.47. The summed E-state index contributed by atoms with van der Waals surface area (Å²) in [7, 11) is -1.49. The Balaban J connectivity index is 2.80. The first kappa shape index (κ1) is 13.8. The molecule has 16 heavy (non-hydrogen) atoms. The lowest BCUT2D eigenvalue weighted by Crippen LogP contribution is -2.27. The first-order valence-electron chi connectivity index (χ1n) is 5.77. The summed E-state index contributed by atoms with van der Waals surface area (Å²) in [4.78, 5) is 0. The van der Waals surface area contributed by atoms with Crippen LogP contribution in [0, 0.1) is 0 Å². The normalized spacial score (nSPS) is 14.1. The van der Waals surface area contributed by atoms with Gasteiger partial charge in [-0.2, -0.15) is 0 Å². The zero-order valence-corrected chi connectivity index (χ0v) is 12.7. The summed E-state index contributed by atoms with van der Waals surface area (Å²) in [6.45, 7) is 11.2. The third-order valence-electron chi connectivity index (χ3n) is 1.93. The van der Waals surface area contributed by atoms with Crippen molar-refractivity contribution in [2.75, 3.05) is 0 Å². The lowest BCUT2D eigenvalue weighted by atomic mass is 10.2. The third kappa shape index (κ3) is 5.19. The summed E-state index contributed by atoms with van der Waals surface area (Å²) in [6.07, 6.45) is 0. The average molecular weight is 254 g/mol. The third-order valence-corrected chi connectivity index (χ3v) is 4.20. The van der Waals surface area contributed by atoms with Gasteiger partial charge in [-0.1, -0.05) is 44.2 Å². The molecule has 0 fully saturated rings. The number of thioether (sulfide) groups is 1. The maximum absolute atomic E-state index is 6.24.